The topological polar surface area (TPSA) is 79.5 Å². The minimum atomic E-state index is -0.860. The van der Waals surface area contributed by atoms with Gasteiger partial charge in [-0.1, -0.05) is 70.7 Å². The molecule has 0 fully saturated rings. The third-order valence-corrected chi connectivity index (χ3v) is 5.79. The Morgan fingerprint density at radius 3 is 2.62 bits per heavy atom. The van der Waals surface area contributed by atoms with Crippen molar-refractivity contribution in [2.24, 2.45) is 0 Å². The number of amides is 1. The number of nitrogens with zero attached hydrogens (tertiary/aromatic N) is 2. The maximum atomic E-state index is 13.4. The number of benzene rings is 3. The van der Waals surface area contributed by atoms with Crippen LogP contribution in [0.5, 0.6) is 5.75 Å². The maximum absolute atomic E-state index is 13.4. The lowest BCUT2D eigenvalue weighted by Gasteiger charge is -2.25. The minimum Gasteiger partial charge on any atom is -0.350 e. The average Bonchev–Trinajstić information content (AvgIpc) is 3.50. The van der Waals surface area contributed by atoms with Gasteiger partial charge in [0.05, 0.1) is 23.2 Å². The predicted molar refractivity (Wildman–Crippen MR) is 133 cm³/mol. The highest BCUT2D eigenvalue weighted by atomic mass is 35.5. The summed E-state index contributed by atoms with van der Waals surface area (Å²) in [5.74, 6) is 0.143. The van der Waals surface area contributed by atoms with Crippen molar-refractivity contribution in [2.75, 3.05) is 5.06 Å². The largest absolute Gasteiger partial charge is 0.350 e. The lowest BCUT2D eigenvalue weighted by Crippen LogP contribution is -2.39. The third-order valence-electron chi connectivity index (χ3n) is 5.25. The lowest BCUT2D eigenvalue weighted by atomic mass is 10.0. The van der Waals surface area contributed by atoms with E-state index in [1.165, 1.54) is 5.06 Å². The molecule has 1 unspecified atom stereocenters. The Morgan fingerprint density at radius 2 is 1.88 bits per heavy atom. The van der Waals surface area contributed by atoms with E-state index in [0.29, 0.717) is 33.6 Å². The van der Waals surface area contributed by atoms with Gasteiger partial charge in [0.25, 0.3) is 0 Å². The van der Waals surface area contributed by atoms with Crippen molar-refractivity contribution < 1.29 is 14.7 Å². The molecule has 10 heteroatoms. The molecule has 1 aliphatic heterocycles. The van der Waals surface area contributed by atoms with Gasteiger partial charge < -0.3 is 15.2 Å². The molecule has 0 spiro atoms. The summed E-state index contributed by atoms with van der Waals surface area (Å²) in [4.78, 5) is 31.4. The second-order valence-electron chi connectivity index (χ2n) is 7.41. The number of imidazole rings is 1. The number of anilines is 1. The molecule has 4 aromatic rings. The van der Waals surface area contributed by atoms with Gasteiger partial charge in [0.15, 0.2) is 11.8 Å². The van der Waals surface area contributed by atoms with E-state index in [1.807, 2.05) is 36.4 Å². The van der Waals surface area contributed by atoms with E-state index < -0.39 is 6.04 Å². The molecule has 0 aliphatic carbocycles. The maximum Gasteiger partial charge on any atom is 0.250 e. The molecule has 7 nitrogen and oxygen atoms in total. The third kappa shape index (κ3) is 4.83. The van der Waals surface area contributed by atoms with Crippen LogP contribution in [0.4, 0.5) is 5.69 Å². The van der Waals surface area contributed by atoms with Gasteiger partial charge in [-0.15, -0.1) is 12.4 Å². The zero-order valence-corrected chi connectivity index (χ0v) is 19.9. The van der Waals surface area contributed by atoms with Crippen LogP contribution in [0.15, 0.2) is 79.3 Å². The molecule has 1 amide bonds. The number of aromatic amines is 1. The standard InChI is InChI=1S/C24H18Cl2N4O3.ClH/c25-18-4-1-3-15(11-18)12-28-24(31)22(30-23-19(26)5-2-6-21(23)32-33-30)17-9-7-16(8-10-17)20-13-27-14-29-20;/h1-11,13-14,22H,12H2,(H,27,29)(H,28,31);1H. The van der Waals surface area contributed by atoms with E-state index in [4.69, 9.17) is 33.1 Å². The average molecular weight is 518 g/mol. The number of hydrogen-bond donors (Lipinski definition) is 2. The van der Waals surface area contributed by atoms with Gasteiger partial charge in [-0.25, -0.2) is 4.98 Å². The van der Waals surface area contributed by atoms with Crippen LogP contribution in [0.25, 0.3) is 11.3 Å². The Labute approximate surface area is 211 Å². The van der Waals surface area contributed by atoms with Crippen LogP contribution in [-0.4, -0.2) is 15.9 Å². The first kappa shape index (κ1) is 23.9. The van der Waals surface area contributed by atoms with Gasteiger partial charge in [-0.3, -0.25) is 4.79 Å². The van der Waals surface area contributed by atoms with E-state index in [1.54, 1.807) is 42.9 Å². The first-order valence-electron chi connectivity index (χ1n) is 10.1. The summed E-state index contributed by atoms with van der Waals surface area (Å²) in [6.07, 6.45) is 3.35. The summed E-state index contributed by atoms with van der Waals surface area (Å²) in [6.45, 7) is 0.298. The highest BCUT2D eigenvalue weighted by molar-refractivity contribution is 6.33. The zero-order chi connectivity index (χ0) is 22.8. The molecule has 5 rings (SSSR count). The Bertz CT molecular complexity index is 1280. The molecular weight excluding hydrogens is 499 g/mol. The molecule has 2 heterocycles. The van der Waals surface area contributed by atoms with Gasteiger partial charge in [0.1, 0.15) is 5.69 Å². The number of nitrogens with one attached hydrogen (secondary N) is 2. The fourth-order valence-corrected chi connectivity index (χ4v) is 4.11. The number of carbonyl (C=O) groups excluding carboxylic acids is 1. The molecular formula is C24H19Cl3N4O3. The Morgan fingerprint density at radius 1 is 1.09 bits per heavy atom. The summed E-state index contributed by atoms with van der Waals surface area (Å²) in [6, 6.07) is 19.2. The van der Waals surface area contributed by atoms with E-state index in [-0.39, 0.29) is 18.3 Å². The minimum absolute atomic E-state index is 0. The molecule has 0 radical (unpaired) electrons. The first-order chi connectivity index (χ1) is 16.1. The summed E-state index contributed by atoms with van der Waals surface area (Å²) in [5, 5.41) is 5.36. The Balaban J connectivity index is 0.00000274. The molecule has 0 bridgehead atoms. The molecule has 3 aromatic carbocycles. The van der Waals surface area contributed by atoms with E-state index in [9.17, 15) is 4.79 Å². The van der Waals surface area contributed by atoms with Gasteiger partial charge in [0, 0.05) is 11.6 Å². The summed E-state index contributed by atoms with van der Waals surface area (Å²) < 4.78 is 0. The molecule has 34 heavy (non-hydrogen) atoms. The molecule has 1 aliphatic rings. The highest BCUT2D eigenvalue weighted by Crippen LogP contribution is 2.44. The Hall–Kier alpha value is -3.23. The van der Waals surface area contributed by atoms with Crippen molar-refractivity contribution in [3.63, 3.8) is 0 Å². The van der Waals surface area contributed by atoms with Gasteiger partial charge in [-0.2, -0.15) is 5.06 Å². The normalized spacial score (nSPS) is 12.9. The monoisotopic (exact) mass is 516 g/mol. The molecule has 0 saturated heterocycles. The summed E-state index contributed by atoms with van der Waals surface area (Å²) in [7, 11) is 0. The van der Waals surface area contributed by atoms with Crippen molar-refractivity contribution in [3.05, 3.63) is 100 Å². The molecule has 1 aromatic heterocycles. The van der Waals surface area contributed by atoms with Crippen LogP contribution >= 0.6 is 35.6 Å². The van der Waals surface area contributed by atoms with Crippen molar-refractivity contribution in [2.45, 2.75) is 12.6 Å². The number of carbonyl (C=O) groups is 1. The molecule has 2 N–H and O–H groups in total. The highest BCUT2D eigenvalue weighted by Gasteiger charge is 2.37. The fourth-order valence-electron chi connectivity index (χ4n) is 3.65. The smallest absolute Gasteiger partial charge is 0.250 e. The van der Waals surface area contributed by atoms with Crippen LogP contribution in [0.3, 0.4) is 0 Å². The van der Waals surface area contributed by atoms with Gasteiger partial charge >= 0.3 is 0 Å². The van der Waals surface area contributed by atoms with Crippen molar-refractivity contribution in [1.29, 1.82) is 0 Å². The van der Waals surface area contributed by atoms with Crippen LogP contribution < -0.4 is 15.3 Å². The second kappa shape index (κ2) is 10.4. The fraction of sp³-hybridized carbons (Fsp3) is 0.0833. The number of rotatable bonds is 6. The van der Waals surface area contributed by atoms with Crippen molar-refractivity contribution >= 4 is 47.2 Å². The number of halogens is 3. The number of fused-ring (bicyclic) bond motifs is 1. The number of H-pyrrole nitrogens is 1. The molecule has 174 valence electrons. The van der Waals surface area contributed by atoms with Crippen molar-refractivity contribution in [1.82, 2.24) is 15.3 Å². The van der Waals surface area contributed by atoms with Crippen LogP contribution in [0.1, 0.15) is 17.2 Å². The number of hydroxylamine groups is 1. The van der Waals surface area contributed by atoms with Gasteiger partial charge in [0.2, 0.25) is 5.91 Å². The van der Waals surface area contributed by atoms with Crippen LogP contribution in [-0.2, 0) is 16.3 Å². The second-order valence-corrected chi connectivity index (χ2v) is 8.25. The SMILES string of the molecule is Cl.O=C(NCc1cccc(Cl)c1)C(c1ccc(-c2cnc[nH]2)cc1)N1OOc2cccc(Cl)c21. The number of hydrogen-bond acceptors (Lipinski definition) is 5. The molecule has 0 saturated carbocycles. The summed E-state index contributed by atoms with van der Waals surface area (Å²) in [5.41, 5.74) is 3.86. The van der Waals surface area contributed by atoms with Crippen molar-refractivity contribution in [3.8, 4) is 17.0 Å². The first-order valence-corrected chi connectivity index (χ1v) is 10.9. The number of para-hydroxylation sites is 1. The van der Waals surface area contributed by atoms with E-state index in [0.717, 1.165) is 16.8 Å². The predicted octanol–water partition coefficient (Wildman–Crippen LogP) is 5.91. The van der Waals surface area contributed by atoms with E-state index in [2.05, 4.69) is 15.3 Å². The Kier molecular flexibility index (Phi) is 7.29. The summed E-state index contributed by atoms with van der Waals surface area (Å²) >= 11 is 12.5. The van der Waals surface area contributed by atoms with E-state index >= 15 is 0 Å². The quantitative estimate of drug-likeness (QED) is 0.311. The van der Waals surface area contributed by atoms with Gasteiger partial charge in [-0.05, 0) is 41.0 Å². The van der Waals surface area contributed by atoms with Crippen LogP contribution in [0.2, 0.25) is 10.0 Å². The zero-order valence-electron chi connectivity index (χ0n) is 17.6. The number of aromatic nitrogens is 2. The lowest BCUT2D eigenvalue weighted by molar-refractivity contribution is -0.206. The van der Waals surface area contributed by atoms with Crippen LogP contribution in [0, 0.1) is 0 Å². The molecule has 1 atom stereocenters.